The van der Waals surface area contributed by atoms with Crippen molar-refractivity contribution in [3.63, 3.8) is 0 Å². The smallest absolute Gasteiger partial charge is 0.142 e. The molecule has 1 N–H and O–H groups in total. The van der Waals surface area contributed by atoms with Crippen molar-refractivity contribution < 1.29 is 9.29 Å². The van der Waals surface area contributed by atoms with Crippen LogP contribution in [0.1, 0.15) is 19.8 Å². The predicted octanol–water partition coefficient (Wildman–Crippen LogP) is 1.56. The second kappa shape index (κ2) is 6.42. The Morgan fingerprint density at radius 1 is 1.44 bits per heavy atom. The first-order chi connectivity index (χ1) is 12.0. The first kappa shape index (κ1) is 17.1. The van der Waals surface area contributed by atoms with Crippen LogP contribution in [0.2, 0.25) is 0 Å². The molecule has 1 saturated heterocycles. The Labute approximate surface area is 151 Å². The number of nitrogens with zero attached hydrogens (tertiary/aromatic N) is 4. The highest BCUT2D eigenvalue weighted by atomic mass is 32.2. The molecular weight excluding hydrogens is 338 g/mol. The molecule has 1 unspecified atom stereocenters. The molecule has 1 saturated carbocycles. The average Bonchev–Trinajstić information content (AvgIpc) is 3.02. The van der Waals surface area contributed by atoms with E-state index >= 15 is 0 Å². The fraction of sp³-hybridized carbons (Fsp3) is 0.647. The summed E-state index contributed by atoms with van der Waals surface area (Å²) >= 11 is -0.889. The number of hydrogen-bond donors (Lipinski definition) is 1. The monoisotopic (exact) mass is 363 g/mol. The summed E-state index contributed by atoms with van der Waals surface area (Å²) in [6.07, 6.45) is 5.62. The third kappa shape index (κ3) is 3.12. The molecule has 3 heterocycles. The van der Waals surface area contributed by atoms with Gasteiger partial charge in [0.15, 0.2) is 0 Å². The van der Waals surface area contributed by atoms with Crippen LogP contribution in [-0.4, -0.2) is 68.5 Å². The fourth-order valence-electron chi connectivity index (χ4n) is 3.75. The van der Waals surface area contributed by atoms with Crippen molar-refractivity contribution in [3.8, 4) is 0 Å². The van der Waals surface area contributed by atoms with Crippen molar-refractivity contribution in [2.45, 2.75) is 31.4 Å². The van der Waals surface area contributed by atoms with E-state index in [0.717, 1.165) is 48.5 Å². The van der Waals surface area contributed by atoms with Crippen LogP contribution in [0, 0.1) is 5.92 Å². The van der Waals surface area contributed by atoms with Crippen molar-refractivity contribution in [1.29, 1.82) is 0 Å². The molecule has 2 fully saturated rings. The summed E-state index contributed by atoms with van der Waals surface area (Å²) in [5, 5.41) is 1.05. The minimum absolute atomic E-state index is 0.118. The molecule has 1 aliphatic carbocycles. The molecule has 0 radical (unpaired) electrons. The number of fused-ring (bicyclic) bond motifs is 1. The molecule has 0 aromatic carbocycles. The highest BCUT2D eigenvalue weighted by molar-refractivity contribution is 7.89. The van der Waals surface area contributed by atoms with E-state index in [1.807, 2.05) is 16.6 Å². The van der Waals surface area contributed by atoms with E-state index in [4.69, 9.17) is 4.74 Å². The second-order valence-corrected chi connectivity index (χ2v) is 8.97. The largest absolute Gasteiger partial charge is 0.598 e. The van der Waals surface area contributed by atoms with Gasteiger partial charge in [-0.15, -0.1) is 4.31 Å². The van der Waals surface area contributed by atoms with E-state index in [9.17, 15) is 4.55 Å². The molecule has 0 bridgehead atoms. The van der Waals surface area contributed by atoms with Gasteiger partial charge in [0.25, 0.3) is 0 Å². The predicted molar refractivity (Wildman–Crippen MR) is 98.8 cm³/mol. The van der Waals surface area contributed by atoms with Crippen molar-refractivity contribution in [2.75, 3.05) is 37.9 Å². The van der Waals surface area contributed by atoms with Crippen LogP contribution in [-0.2, 0) is 16.1 Å². The summed E-state index contributed by atoms with van der Waals surface area (Å²) in [6, 6.07) is 2.47. The van der Waals surface area contributed by atoms with Gasteiger partial charge < -0.3 is 19.2 Å². The van der Waals surface area contributed by atoms with E-state index in [0.29, 0.717) is 12.0 Å². The molecule has 136 valence electrons. The Balaban J connectivity index is 1.30. The first-order valence-electron chi connectivity index (χ1n) is 8.68. The number of aromatic amines is 1. The van der Waals surface area contributed by atoms with Crippen LogP contribution < -0.4 is 4.90 Å². The van der Waals surface area contributed by atoms with Gasteiger partial charge in [-0.2, -0.15) is 0 Å². The minimum Gasteiger partial charge on any atom is -0.598 e. The molecule has 7 nitrogen and oxygen atoms in total. The number of methoxy groups -OCH3 is 1. The van der Waals surface area contributed by atoms with Crippen LogP contribution in [0.3, 0.4) is 0 Å². The molecule has 4 rings (SSSR count). The molecule has 1 aliphatic heterocycles. The van der Waals surface area contributed by atoms with Crippen LogP contribution in [0.4, 0.5) is 5.82 Å². The van der Waals surface area contributed by atoms with Crippen LogP contribution in [0.25, 0.3) is 11.0 Å². The van der Waals surface area contributed by atoms with E-state index in [1.54, 1.807) is 13.4 Å². The lowest BCUT2D eigenvalue weighted by Crippen LogP contribution is -2.63. The zero-order valence-corrected chi connectivity index (χ0v) is 15.8. The van der Waals surface area contributed by atoms with E-state index in [1.165, 1.54) is 0 Å². The number of hydrogen-bond acceptors (Lipinski definition) is 6. The lowest BCUT2D eigenvalue weighted by atomic mass is 9.81. The number of ether oxygens (including phenoxy) is 1. The Morgan fingerprint density at radius 3 is 2.92 bits per heavy atom. The van der Waals surface area contributed by atoms with Crippen LogP contribution >= 0.6 is 0 Å². The fourth-order valence-corrected chi connectivity index (χ4v) is 5.47. The first-order valence-corrected chi connectivity index (χ1v) is 9.96. The zero-order chi connectivity index (χ0) is 17.6. The summed E-state index contributed by atoms with van der Waals surface area (Å²) < 4.78 is 19.9. The molecule has 8 heteroatoms. The maximum absolute atomic E-state index is 12.5. The quantitative estimate of drug-likeness (QED) is 0.785. The molecule has 0 spiro atoms. The third-order valence-electron chi connectivity index (χ3n) is 5.61. The second-order valence-electron chi connectivity index (χ2n) is 7.48. The van der Waals surface area contributed by atoms with Crippen molar-refractivity contribution >= 4 is 28.2 Å². The standard InChI is InChI=1S/C17H25N5O2S/c1-17(24-3)9-22(10-17)25(23)8-12-6-13(7-12)21(2)16-14-4-5-18-15(14)19-11-20-16/h4-5,11-13H,6-10H2,1-3H3,(H,18,19,20)/t12-,13+,25?. The van der Waals surface area contributed by atoms with Gasteiger partial charge in [-0.1, -0.05) is 0 Å². The van der Waals surface area contributed by atoms with Crippen molar-refractivity contribution in [3.05, 3.63) is 18.6 Å². The summed E-state index contributed by atoms with van der Waals surface area (Å²) in [5.74, 6) is 2.24. The van der Waals surface area contributed by atoms with Gasteiger partial charge in [-0.05, 0) is 25.8 Å². The van der Waals surface area contributed by atoms with Crippen molar-refractivity contribution in [2.24, 2.45) is 5.92 Å². The molecule has 0 amide bonds. The Kier molecular flexibility index (Phi) is 4.39. The number of nitrogens with one attached hydrogen (secondary N) is 1. The van der Waals surface area contributed by atoms with E-state index in [2.05, 4.69) is 33.8 Å². The molecule has 25 heavy (non-hydrogen) atoms. The highest BCUT2D eigenvalue weighted by Crippen LogP contribution is 2.37. The van der Waals surface area contributed by atoms with Gasteiger partial charge in [-0.25, -0.2) is 9.97 Å². The van der Waals surface area contributed by atoms with Crippen molar-refractivity contribution in [1.82, 2.24) is 19.3 Å². The lowest BCUT2D eigenvalue weighted by molar-refractivity contribution is -0.0770. The van der Waals surface area contributed by atoms with Gasteiger partial charge in [0.2, 0.25) is 0 Å². The Hall–Kier alpha value is -1.35. The molecule has 1 atom stereocenters. The number of H-pyrrole nitrogens is 1. The SMILES string of the molecule is COC1(C)CN([S+]([O-])C[C@H]2C[C@@H](N(C)c3ncnc4[nH]ccc34)C2)C1. The van der Waals surface area contributed by atoms with Crippen LogP contribution in [0.5, 0.6) is 0 Å². The number of aromatic nitrogens is 3. The third-order valence-corrected chi connectivity index (χ3v) is 7.20. The summed E-state index contributed by atoms with van der Waals surface area (Å²) in [4.78, 5) is 14.1. The zero-order valence-electron chi connectivity index (χ0n) is 14.9. The molecule has 2 aliphatic rings. The van der Waals surface area contributed by atoms with Gasteiger partial charge >= 0.3 is 0 Å². The topological polar surface area (TPSA) is 80.3 Å². The summed E-state index contributed by atoms with van der Waals surface area (Å²) in [5.41, 5.74) is 0.750. The van der Waals surface area contributed by atoms with E-state index < -0.39 is 11.4 Å². The summed E-state index contributed by atoms with van der Waals surface area (Å²) in [7, 11) is 3.81. The maximum Gasteiger partial charge on any atom is 0.142 e. The molecule has 2 aromatic heterocycles. The summed E-state index contributed by atoms with van der Waals surface area (Å²) in [6.45, 7) is 3.59. The van der Waals surface area contributed by atoms with Crippen LogP contribution in [0.15, 0.2) is 18.6 Å². The molecule has 2 aromatic rings. The maximum atomic E-state index is 12.5. The van der Waals surface area contributed by atoms with Gasteiger partial charge in [-0.3, -0.25) is 0 Å². The van der Waals surface area contributed by atoms with Gasteiger partial charge in [0.1, 0.15) is 23.5 Å². The molecular formula is C17H25N5O2S. The normalized spacial score (nSPS) is 26.9. The van der Waals surface area contributed by atoms with Gasteiger partial charge in [0, 0.05) is 43.7 Å². The van der Waals surface area contributed by atoms with E-state index in [-0.39, 0.29) is 5.60 Å². The van der Waals surface area contributed by atoms with Gasteiger partial charge in [0.05, 0.1) is 24.1 Å². The Bertz CT molecular complexity index is 741. The number of rotatable bonds is 6. The number of anilines is 1. The average molecular weight is 363 g/mol. The lowest BCUT2D eigenvalue weighted by Gasteiger charge is -2.47. The minimum atomic E-state index is -0.889. The Morgan fingerprint density at radius 2 is 2.20 bits per heavy atom. The highest BCUT2D eigenvalue weighted by Gasteiger charge is 2.47.